The summed E-state index contributed by atoms with van der Waals surface area (Å²) in [5, 5.41) is 0. The number of rotatable bonds is 5. The van der Waals surface area contributed by atoms with Crippen LogP contribution in [0, 0.1) is 5.41 Å². The minimum Gasteiger partial charge on any atom is -0.491 e. The fourth-order valence-electron chi connectivity index (χ4n) is 1.70. The number of para-hydroxylation sites is 1. The smallest absolute Gasteiger partial charge is 0.138 e. The van der Waals surface area contributed by atoms with Crippen LogP contribution in [0.3, 0.4) is 0 Å². The number of aryl methyl sites for hydroxylation is 1. The Labute approximate surface area is 110 Å². The molecule has 0 unspecified atom stereocenters. The minimum atomic E-state index is -0.256. The third kappa shape index (κ3) is 4.52. The molecular formula is C16H24O2. The van der Waals surface area contributed by atoms with E-state index in [-0.39, 0.29) is 11.5 Å². The van der Waals surface area contributed by atoms with E-state index >= 15 is 0 Å². The summed E-state index contributed by atoms with van der Waals surface area (Å²) in [7, 11) is 0. The van der Waals surface area contributed by atoms with Gasteiger partial charge in [0.2, 0.25) is 0 Å². The lowest BCUT2D eigenvalue weighted by Gasteiger charge is -2.18. The molecule has 0 N–H and O–H groups in total. The molecule has 0 aliphatic heterocycles. The quantitative estimate of drug-likeness (QED) is 0.786. The normalized spacial score (nSPS) is 11.7. The van der Waals surface area contributed by atoms with E-state index < -0.39 is 0 Å². The molecule has 0 heterocycles. The van der Waals surface area contributed by atoms with Crippen LogP contribution in [0.1, 0.15) is 46.6 Å². The first-order valence-corrected chi connectivity index (χ1v) is 6.58. The lowest BCUT2D eigenvalue weighted by atomic mass is 9.87. The fraction of sp³-hybridized carbons (Fsp3) is 0.562. The number of carbonyl (C=O) groups is 1. The van der Waals surface area contributed by atoms with Crippen molar-refractivity contribution in [1.82, 2.24) is 0 Å². The van der Waals surface area contributed by atoms with Crippen molar-refractivity contribution in [2.45, 2.75) is 53.6 Å². The van der Waals surface area contributed by atoms with E-state index in [0.29, 0.717) is 12.2 Å². The monoisotopic (exact) mass is 248 g/mol. The predicted molar refractivity (Wildman–Crippen MR) is 75.0 cm³/mol. The highest BCUT2D eigenvalue weighted by Gasteiger charge is 2.20. The SMILES string of the molecule is CC(C)Oc1ccccc1CCC(=O)C(C)(C)C. The number of Topliss-reactive ketones (excluding diaryl/α,β-unsaturated/α-hetero) is 1. The number of benzene rings is 1. The lowest BCUT2D eigenvalue weighted by Crippen LogP contribution is -2.20. The summed E-state index contributed by atoms with van der Waals surface area (Å²) >= 11 is 0. The van der Waals surface area contributed by atoms with Crippen LogP contribution in [0.5, 0.6) is 5.75 Å². The van der Waals surface area contributed by atoms with E-state index in [1.807, 2.05) is 58.9 Å². The molecule has 0 aromatic heterocycles. The van der Waals surface area contributed by atoms with Gasteiger partial charge in [-0.3, -0.25) is 4.79 Å². The molecule has 2 heteroatoms. The van der Waals surface area contributed by atoms with Crippen molar-refractivity contribution in [3.8, 4) is 5.75 Å². The van der Waals surface area contributed by atoms with Gasteiger partial charge in [0.1, 0.15) is 11.5 Å². The zero-order valence-corrected chi connectivity index (χ0v) is 12.1. The molecule has 0 aliphatic rings. The minimum absolute atomic E-state index is 0.157. The Morgan fingerprint density at radius 1 is 1.22 bits per heavy atom. The summed E-state index contributed by atoms with van der Waals surface area (Å²) in [6, 6.07) is 7.96. The van der Waals surface area contributed by atoms with E-state index in [2.05, 4.69) is 0 Å². The molecule has 0 fully saturated rings. The van der Waals surface area contributed by atoms with Gasteiger partial charge in [0.25, 0.3) is 0 Å². The maximum atomic E-state index is 11.9. The van der Waals surface area contributed by atoms with Crippen LogP contribution in [-0.4, -0.2) is 11.9 Å². The largest absolute Gasteiger partial charge is 0.491 e. The summed E-state index contributed by atoms with van der Waals surface area (Å²) in [6.07, 6.45) is 1.48. The molecule has 0 radical (unpaired) electrons. The van der Waals surface area contributed by atoms with Crippen molar-refractivity contribution in [2.75, 3.05) is 0 Å². The van der Waals surface area contributed by atoms with Gasteiger partial charge in [-0.1, -0.05) is 39.0 Å². The first-order chi connectivity index (χ1) is 8.30. The Balaban J connectivity index is 2.70. The molecule has 1 rings (SSSR count). The third-order valence-corrected chi connectivity index (χ3v) is 2.79. The van der Waals surface area contributed by atoms with E-state index in [4.69, 9.17) is 4.74 Å². The standard InChI is InChI=1S/C16H24O2/c1-12(2)18-14-9-7-6-8-13(14)10-11-15(17)16(3,4)5/h6-9,12H,10-11H2,1-5H3. The summed E-state index contributed by atoms with van der Waals surface area (Å²) in [5.74, 6) is 1.19. The number of carbonyl (C=O) groups excluding carboxylic acids is 1. The molecule has 0 saturated carbocycles. The molecule has 0 amide bonds. The van der Waals surface area contributed by atoms with Crippen molar-refractivity contribution < 1.29 is 9.53 Å². The maximum absolute atomic E-state index is 11.9. The third-order valence-electron chi connectivity index (χ3n) is 2.79. The zero-order valence-electron chi connectivity index (χ0n) is 12.1. The fourth-order valence-corrected chi connectivity index (χ4v) is 1.70. The van der Waals surface area contributed by atoms with Gasteiger partial charge < -0.3 is 4.74 Å². The second-order valence-electron chi connectivity index (χ2n) is 5.95. The Morgan fingerprint density at radius 3 is 2.39 bits per heavy atom. The van der Waals surface area contributed by atoms with E-state index in [0.717, 1.165) is 17.7 Å². The summed E-state index contributed by atoms with van der Waals surface area (Å²) < 4.78 is 5.75. The summed E-state index contributed by atoms with van der Waals surface area (Å²) in [5.41, 5.74) is 0.859. The Hall–Kier alpha value is -1.31. The molecule has 0 saturated heterocycles. The van der Waals surface area contributed by atoms with Crippen LogP contribution >= 0.6 is 0 Å². The molecule has 0 aliphatic carbocycles. The summed E-state index contributed by atoms with van der Waals surface area (Å²) in [6.45, 7) is 9.91. The van der Waals surface area contributed by atoms with Gasteiger partial charge in [-0.05, 0) is 31.9 Å². The first-order valence-electron chi connectivity index (χ1n) is 6.58. The highest BCUT2D eigenvalue weighted by atomic mass is 16.5. The lowest BCUT2D eigenvalue weighted by molar-refractivity contribution is -0.126. The van der Waals surface area contributed by atoms with Gasteiger partial charge in [0.05, 0.1) is 6.10 Å². The predicted octanol–water partition coefficient (Wildman–Crippen LogP) is 4.02. The highest BCUT2D eigenvalue weighted by Crippen LogP contribution is 2.23. The van der Waals surface area contributed by atoms with Crippen molar-refractivity contribution in [2.24, 2.45) is 5.41 Å². The van der Waals surface area contributed by atoms with Gasteiger partial charge in [-0.25, -0.2) is 0 Å². The average Bonchev–Trinajstić information content (AvgIpc) is 2.25. The molecular weight excluding hydrogens is 224 g/mol. The van der Waals surface area contributed by atoms with Crippen LogP contribution < -0.4 is 4.74 Å². The molecule has 0 bridgehead atoms. The van der Waals surface area contributed by atoms with Crippen molar-refractivity contribution in [3.63, 3.8) is 0 Å². The van der Waals surface area contributed by atoms with Crippen LogP contribution in [0.4, 0.5) is 0 Å². The molecule has 1 aromatic rings. The molecule has 2 nitrogen and oxygen atoms in total. The van der Waals surface area contributed by atoms with E-state index in [1.165, 1.54) is 0 Å². The second kappa shape index (κ2) is 6.03. The Morgan fingerprint density at radius 2 is 1.83 bits per heavy atom. The van der Waals surface area contributed by atoms with Crippen molar-refractivity contribution in [1.29, 1.82) is 0 Å². The number of ether oxygens (including phenoxy) is 1. The summed E-state index contributed by atoms with van der Waals surface area (Å²) in [4.78, 5) is 11.9. The van der Waals surface area contributed by atoms with Crippen LogP contribution in [0.25, 0.3) is 0 Å². The van der Waals surface area contributed by atoms with Gasteiger partial charge in [0, 0.05) is 11.8 Å². The Kier molecular flexibility index (Phi) is 4.94. The maximum Gasteiger partial charge on any atom is 0.138 e. The number of hydrogen-bond acceptors (Lipinski definition) is 2. The molecule has 18 heavy (non-hydrogen) atoms. The van der Waals surface area contributed by atoms with Crippen LogP contribution in [0.15, 0.2) is 24.3 Å². The van der Waals surface area contributed by atoms with Gasteiger partial charge >= 0.3 is 0 Å². The first kappa shape index (κ1) is 14.7. The molecule has 0 spiro atoms. The van der Waals surface area contributed by atoms with Gasteiger partial charge in [-0.2, -0.15) is 0 Å². The topological polar surface area (TPSA) is 26.3 Å². The Bertz CT molecular complexity index is 400. The second-order valence-corrected chi connectivity index (χ2v) is 5.95. The number of ketones is 1. The zero-order chi connectivity index (χ0) is 13.8. The van der Waals surface area contributed by atoms with Crippen LogP contribution in [-0.2, 0) is 11.2 Å². The van der Waals surface area contributed by atoms with E-state index in [1.54, 1.807) is 0 Å². The highest BCUT2D eigenvalue weighted by molar-refractivity contribution is 5.83. The average molecular weight is 248 g/mol. The van der Waals surface area contributed by atoms with Gasteiger partial charge in [0.15, 0.2) is 0 Å². The van der Waals surface area contributed by atoms with E-state index in [9.17, 15) is 4.79 Å². The molecule has 100 valence electrons. The van der Waals surface area contributed by atoms with Crippen molar-refractivity contribution in [3.05, 3.63) is 29.8 Å². The number of hydrogen-bond donors (Lipinski definition) is 0. The van der Waals surface area contributed by atoms with Gasteiger partial charge in [-0.15, -0.1) is 0 Å². The van der Waals surface area contributed by atoms with Crippen LogP contribution in [0.2, 0.25) is 0 Å². The van der Waals surface area contributed by atoms with Crippen molar-refractivity contribution >= 4 is 5.78 Å². The molecule has 0 atom stereocenters. The molecule has 1 aromatic carbocycles.